The van der Waals surface area contributed by atoms with Crippen LogP contribution in [0.3, 0.4) is 0 Å². The van der Waals surface area contributed by atoms with Crippen LogP contribution in [0.5, 0.6) is 0 Å². The van der Waals surface area contributed by atoms with E-state index >= 15 is 0 Å². The minimum atomic E-state index is -3.61. The number of nitrogens with zero attached hydrogens (tertiary/aromatic N) is 4. The maximum absolute atomic E-state index is 13.7. The van der Waals surface area contributed by atoms with E-state index in [1.165, 1.54) is 12.1 Å². The van der Waals surface area contributed by atoms with E-state index in [1.807, 2.05) is 17.9 Å². The number of aromatic nitrogens is 2. The SMILES string of the molecule is Cc1cc2c(NC3(C)CC3)nc(C(=O)N3CCN(c4ccc(F)cc4S(C)(=O)=O)CC3)nc2o1. The van der Waals surface area contributed by atoms with E-state index in [-0.39, 0.29) is 22.2 Å². The van der Waals surface area contributed by atoms with Crippen LogP contribution in [0.1, 0.15) is 36.1 Å². The number of carbonyl (C=O) groups excluding carboxylic acids is 1. The molecule has 1 saturated heterocycles. The van der Waals surface area contributed by atoms with Gasteiger partial charge in [0.1, 0.15) is 17.4 Å². The van der Waals surface area contributed by atoms with Gasteiger partial charge in [-0.25, -0.2) is 17.8 Å². The molecule has 5 rings (SSSR count). The Morgan fingerprint density at radius 3 is 2.50 bits per heavy atom. The Bertz CT molecular complexity index is 1390. The minimum Gasteiger partial charge on any atom is -0.443 e. The summed E-state index contributed by atoms with van der Waals surface area (Å²) in [7, 11) is -3.61. The van der Waals surface area contributed by atoms with Crippen LogP contribution in [0.4, 0.5) is 15.9 Å². The molecule has 0 radical (unpaired) electrons. The quantitative estimate of drug-likeness (QED) is 0.585. The third-order valence-electron chi connectivity index (χ3n) is 6.36. The first kappa shape index (κ1) is 22.6. The van der Waals surface area contributed by atoms with Crippen molar-refractivity contribution >= 4 is 38.3 Å². The summed E-state index contributed by atoms with van der Waals surface area (Å²) in [4.78, 5) is 25.6. The first-order chi connectivity index (χ1) is 16.0. The zero-order valence-electron chi connectivity index (χ0n) is 19.3. The molecule has 1 aromatic carbocycles. The second-order valence-corrected chi connectivity index (χ2v) is 11.3. The van der Waals surface area contributed by atoms with Gasteiger partial charge in [-0.05, 0) is 51.0 Å². The number of hydrogen-bond acceptors (Lipinski definition) is 8. The molecule has 3 aromatic rings. The van der Waals surface area contributed by atoms with E-state index in [4.69, 9.17) is 4.42 Å². The summed E-state index contributed by atoms with van der Waals surface area (Å²) in [6, 6.07) is 5.60. The molecule has 2 aliphatic rings. The molecular weight excluding hydrogens is 461 g/mol. The summed E-state index contributed by atoms with van der Waals surface area (Å²) in [5.41, 5.74) is 0.763. The zero-order chi connectivity index (χ0) is 24.3. The van der Waals surface area contributed by atoms with Crippen LogP contribution < -0.4 is 10.2 Å². The van der Waals surface area contributed by atoms with Gasteiger partial charge in [0.05, 0.1) is 16.0 Å². The van der Waals surface area contributed by atoms with Crippen molar-refractivity contribution in [3.05, 3.63) is 41.7 Å². The first-order valence-corrected chi connectivity index (χ1v) is 13.0. The number of anilines is 2. The lowest BCUT2D eigenvalue weighted by Gasteiger charge is -2.36. The molecule has 0 bridgehead atoms. The van der Waals surface area contributed by atoms with Gasteiger partial charge in [0.15, 0.2) is 9.84 Å². The third-order valence-corrected chi connectivity index (χ3v) is 7.48. The predicted molar refractivity (Wildman–Crippen MR) is 125 cm³/mol. The number of furan rings is 1. The van der Waals surface area contributed by atoms with Crippen LogP contribution >= 0.6 is 0 Å². The number of carbonyl (C=O) groups is 1. The van der Waals surface area contributed by atoms with Crippen LogP contribution in [-0.4, -0.2) is 67.2 Å². The molecule has 34 heavy (non-hydrogen) atoms. The molecule has 11 heteroatoms. The molecule has 0 spiro atoms. The van der Waals surface area contributed by atoms with Crippen molar-refractivity contribution in [1.82, 2.24) is 14.9 Å². The summed E-state index contributed by atoms with van der Waals surface area (Å²) >= 11 is 0. The molecule has 9 nitrogen and oxygen atoms in total. The smallest absolute Gasteiger partial charge is 0.291 e. The van der Waals surface area contributed by atoms with Gasteiger partial charge in [0, 0.05) is 38.0 Å². The molecule has 1 aliphatic heterocycles. The zero-order valence-corrected chi connectivity index (χ0v) is 20.1. The number of piperazine rings is 1. The molecule has 1 saturated carbocycles. The van der Waals surface area contributed by atoms with Gasteiger partial charge in [-0.3, -0.25) is 4.79 Å². The maximum Gasteiger partial charge on any atom is 0.291 e. The van der Waals surface area contributed by atoms with Gasteiger partial charge in [-0.15, -0.1) is 0 Å². The van der Waals surface area contributed by atoms with Crippen LogP contribution in [0, 0.1) is 12.7 Å². The van der Waals surface area contributed by atoms with Gasteiger partial charge in [-0.2, -0.15) is 4.98 Å². The van der Waals surface area contributed by atoms with Crippen molar-refractivity contribution in [3.63, 3.8) is 0 Å². The van der Waals surface area contributed by atoms with Crippen LogP contribution in [-0.2, 0) is 9.84 Å². The Morgan fingerprint density at radius 2 is 1.85 bits per heavy atom. The highest BCUT2D eigenvalue weighted by molar-refractivity contribution is 7.90. The largest absolute Gasteiger partial charge is 0.443 e. The van der Waals surface area contributed by atoms with Gasteiger partial charge in [0.2, 0.25) is 11.5 Å². The Kier molecular flexibility index (Phi) is 5.27. The van der Waals surface area contributed by atoms with E-state index in [0.29, 0.717) is 49.2 Å². The summed E-state index contributed by atoms with van der Waals surface area (Å²) in [5, 5.41) is 4.17. The minimum absolute atomic E-state index is 0.0368. The highest BCUT2D eigenvalue weighted by atomic mass is 32.2. The predicted octanol–water partition coefficient (Wildman–Crippen LogP) is 3.00. The number of aryl methyl sites for hydroxylation is 1. The molecule has 2 aromatic heterocycles. The van der Waals surface area contributed by atoms with Crippen LogP contribution in [0.2, 0.25) is 0 Å². The first-order valence-electron chi connectivity index (χ1n) is 11.1. The normalized spacial score (nSPS) is 17.8. The number of hydrogen-bond donors (Lipinski definition) is 1. The number of sulfone groups is 1. The number of nitrogens with one attached hydrogen (secondary N) is 1. The summed E-state index contributed by atoms with van der Waals surface area (Å²) < 4.78 is 43.7. The molecule has 1 aliphatic carbocycles. The fourth-order valence-electron chi connectivity index (χ4n) is 4.17. The molecule has 3 heterocycles. The van der Waals surface area contributed by atoms with Crippen LogP contribution in [0.25, 0.3) is 11.1 Å². The summed E-state index contributed by atoms with van der Waals surface area (Å²) in [6.45, 7) is 5.41. The molecule has 0 atom stereocenters. The average Bonchev–Trinajstić information content (AvgIpc) is 3.38. The number of halogens is 1. The molecule has 2 fully saturated rings. The van der Waals surface area contributed by atoms with Crippen molar-refractivity contribution in [2.45, 2.75) is 37.1 Å². The summed E-state index contributed by atoms with van der Waals surface area (Å²) in [5.74, 6) is 0.409. The molecule has 1 amide bonds. The molecule has 1 N–H and O–H groups in total. The topological polar surface area (TPSA) is 109 Å². The van der Waals surface area contributed by atoms with E-state index in [0.717, 1.165) is 30.6 Å². The van der Waals surface area contributed by atoms with Crippen molar-refractivity contribution < 1.29 is 22.0 Å². The van der Waals surface area contributed by atoms with E-state index in [1.54, 1.807) is 4.90 Å². The Morgan fingerprint density at radius 1 is 1.15 bits per heavy atom. The van der Waals surface area contributed by atoms with Gasteiger partial charge in [0.25, 0.3) is 5.91 Å². The third kappa shape index (κ3) is 4.31. The highest BCUT2D eigenvalue weighted by Crippen LogP contribution is 2.39. The Balaban J connectivity index is 1.37. The van der Waals surface area contributed by atoms with Gasteiger partial charge < -0.3 is 19.5 Å². The van der Waals surface area contributed by atoms with Crippen molar-refractivity contribution in [2.75, 3.05) is 42.7 Å². The Hall–Kier alpha value is -3.21. The maximum atomic E-state index is 13.7. The number of benzene rings is 1. The second kappa shape index (κ2) is 7.93. The second-order valence-electron chi connectivity index (χ2n) is 9.32. The lowest BCUT2D eigenvalue weighted by Crippen LogP contribution is -2.49. The van der Waals surface area contributed by atoms with Crippen molar-refractivity contribution in [2.24, 2.45) is 0 Å². The van der Waals surface area contributed by atoms with E-state index in [9.17, 15) is 17.6 Å². The number of fused-ring (bicyclic) bond motifs is 1. The fourth-order valence-corrected chi connectivity index (χ4v) is 5.07. The fraction of sp³-hybridized carbons (Fsp3) is 0.435. The van der Waals surface area contributed by atoms with Crippen LogP contribution in [0.15, 0.2) is 33.6 Å². The van der Waals surface area contributed by atoms with Crippen molar-refractivity contribution in [1.29, 1.82) is 0 Å². The number of amides is 1. The van der Waals surface area contributed by atoms with E-state index in [2.05, 4.69) is 22.2 Å². The average molecular weight is 488 g/mol. The standard InChI is InChI=1S/C23H26FN5O4S/c1-14-12-16-19(27-23(2)6-7-23)25-20(26-21(16)33-14)22(30)29-10-8-28(9-11-29)17-5-4-15(24)13-18(17)34(3,31)32/h4-5,12-13H,6-11H2,1-3H3,(H,25,26,27). The molecule has 0 unspecified atom stereocenters. The number of rotatable bonds is 5. The van der Waals surface area contributed by atoms with Gasteiger partial charge in [-0.1, -0.05) is 0 Å². The van der Waals surface area contributed by atoms with Gasteiger partial charge >= 0.3 is 0 Å². The Labute approximate surface area is 196 Å². The highest BCUT2D eigenvalue weighted by Gasteiger charge is 2.38. The monoisotopic (exact) mass is 487 g/mol. The van der Waals surface area contributed by atoms with Crippen molar-refractivity contribution in [3.8, 4) is 0 Å². The molecule has 180 valence electrons. The lowest BCUT2D eigenvalue weighted by molar-refractivity contribution is 0.0734. The van der Waals surface area contributed by atoms with E-state index < -0.39 is 15.7 Å². The molecular formula is C23H26FN5O4S. The summed E-state index contributed by atoms with van der Waals surface area (Å²) in [6.07, 6.45) is 3.11. The lowest BCUT2D eigenvalue weighted by atomic mass is 10.2.